The molecule has 16 heavy (non-hydrogen) atoms. The fourth-order valence-corrected chi connectivity index (χ4v) is 1.61. The number of ether oxygens (including phenoxy) is 2. The van der Waals surface area contributed by atoms with Crippen molar-refractivity contribution in [1.29, 1.82) is 0 Å². The lowest BCUT2D eigenvalue weighted by molar-refractivity contribution is -0.121. The van der Waals surface area contributed by atoms with Crippen molar-refractivity contribution in [3.8, 4) is 0 Å². The maximum atomic E-state index is 11.7. The van der Waals surface area contributed by atoms with Crippen LogP contribution in [0.2, 0.25) is 0 Å². The van der Waals surface area contributed by atoms with E-state index in [0.29, 0.717) is 0 Å². The summed E-state index contributed by atoms with van der Waals surface area (Å²) in [6.45, 7) is 4.22. The molecule has 0 fully saturated rings. The van der Waals surface area contributed by atoms with Gasteiger partial charge in [0.1, 0.15) is 18.8 Å². The predicted octanol–water partition coefficient (Wildman–Crippen LogP) is 2.43. The monoisotopic (exact) mass is 225 g/mol. The van der Waals surface area contributed by atoms with E-state index >= 15 is 0 Å². The van der Waals surface area contributed by atoms with Crippen molar-refractivity contribution in [2.24, 2.45) is 0 Å². The highest BCUT2D eigenvalue weighted by molar-refractivity contribution is 5.91. The van der Waals surface area contributed by atoms with Gasteiger partial charge < -0.3 is 14.8 Å². The van der Waals surface area contributed by atoms with Gasteiger partial charge in [0.25, 0.3) is 5.91 Å². The Hall–Kier alpha value is -1.45. The number of hydrogen-bond acceptors (Lipinski definition) is 3. The summed E-state index contributed by atoms with van der Waals surface area (Å²) >= 11 is 0. The van der Waals surface area contributed by atoms with E-state index in [1.807, 2.05) is 0 Å². The van der Waals surface area contributed by atoms with E-state index in [9.17, 15) is 4.79 Å². The average molecular weight is 225 g/mol. The van der Waals surface area contributed by atoms with Crippen molar-refractivity contribution < 1.29 is 14.3 Å². The fraction of sp³-hybridized carbons (Fsp3) is 0.583. The minimum atomic E-state index is -0.212. The third-order valence-electron chi connectivity index (χ3n) is 2.34. The smallest absolute Gasteiger partial charge is 0.290 e. The summed E-state index contributed by atoms with van der Waals surface area (Å²) in [5, 5.41) is 2.94. The minimum absolute atomic E-state index is 0.208. The van der Waals surface area contributed by atoms with Gasteiger partial charge in [0, 0.05) is 6.04 Å². The van der Waals surface area contributed by atoms with Gasteiger partial charge in [-0.3, -0.25) is 4.79 Å². The number of hydrogen-bond donors (Lipinski definition) is 1. The first-order chi connectivity index (χ1) is 7.77. The van der Waals surface area contributed by atoms with Crippen LogP contribution in [0.1, 0.15) is 39.5 Å². The molecule has 0 aromatic rings. The molecule has 0 aromatic carbocycles. The van der Waals surface area contributed by atoms with Crippen LogP contribution in [0, 0.1) is 0 Å². The van der Waals surface area contributed by atoms with E-state index in [1.54, 1.807) is 0 Å². The number of amides is 1. The molecule has 0 saturated carbocycles. The Morgan fingerprint density at radius 1 is 1.31 bits per heavy atom. The van der Waals surface area contributed by atoms with Crippen molar-refractivity contribution in [1.82, 2.24) is 5.32 Å². The normalized spacial score (nSPS) is 14.1. The summed E-state index contributed by atoms with van der Waals surface area (Å²) < 4.78 is 9.92. The van der Waals surface area contributed by atoms with Gasteiger partial charge in [-0.05, 0) is 12.8 Å². The van der Waals surface area contributed by atoms with E-state index in [4.69, 9.17) is 9.47 Å². The van der Waals surface area contributed by atoms with E-state index in [2.05, 4.69) is 19.2 Å². The summed E-state index contributed by atoms with van der Waals surface area (Å²) in [7, 11) is 0. The van der Waals surface area contributed by atoms with Crippen molar-refractivity contribution in [2.75, 3.05) is 0 Å². The van der Waals surface area contributed by atoms with E-state index in [1.165, 1.54) is 18.8 Å². The number of carbonyl (C=O) groups is 1. The zero-order valence-corrected chi connectivity index (χ0v) is 9.86. The highest BCUT2D eigenvalue weighted by Gasteiger charge is 2.17. The summed E-state index contributed by atoms with van der Waals surface area (Å²) in [6, 6.07) is 0.220. The van der Waals surface area contributed by atoms with E-state index in [0.717, 1.165) is 25.7 Å². The Bertz CT molecular complexity index is 278. The first-order valence-corrected chi connectivity index (χ1v) is 5.76. The van der Waals surface area contributed by atoms with Crippen LogP contribution < -0.4 is 5.32 Å². The van der Waals surface area contributed by atoms with Gasteiger partial charge >= 0.3 is 0 Å². The molecular weight excluding hydrogens is 206 g/mol. The van der Waals surface area contributed by atoms with Crippen LogP contribution in [0.15, 0.2) is 24.5 Å². The molecule has 1 heterocycles. The molecule has 4 nitrogen and oxygen atoms in total. The van der Waals surface area contributed by atoms with Crippen LogP contribution in [0.5, 0.6) is 0 Å². The third-order valence-corrected chi connectivity index (χ3v) is 2.34. The van der Waals surface area contributed by atoms with Gasteiger partial charge in [0.05, 0.1) is 0 Å². The minimum Gasteiger partial charge on any atom is -0.465 e. The van der Waals surface area contributed by atoms with Gasteiger partial charge in [-0.2, -0.15) is 0 Å². The van der Waals surface area contributed by atoms with Crippen LogP contribution >= 0.6 is 0 Å². The number of rotatable bonds is 6. The second-order valence-electron chi connectivity index (χ2n) is 3.76. The Kier molecular flexibility index (Phi) is 5.46. The van der Waals surface area contributed by atoms with Crippen LogP contribution in [0.4, 0.5) is 0 Å². The molecule has 0 radical (unpaired) electrons. The standard InChI is InChI=1S/C12H19NO3/c1-3-5-10(6-4-2)13-12(14)11-9-15-7-8-16-11/h7-10H,3-6H2,1-2H3,(H,13,14). The van der Waals surface area contributed by atoms with Crippen LogP contribution in [0.3, 0.4) is 0 Å². The van der Waals surface area contributed by atoms with Crippen LogP contribution in [0.25, 0.3) is 0 Å². The second kappa shape index (κ2) is 6.93. The molecule has 1 aliphatic rings. The maximum absolute atomic E-state index is 11.7. The molecular formula is C12H19NO3. The Labute approximate surface area is 96.3 Å². The van der Waals surface area contributed by atoms with Crippen molar-refractivity contribution >= 4 is 5.91 Å². The van der Waals surface area contributed by atoms with Crippen molar-refractivity contribution in [3.05, 3.63) is 24.5 Å². The summed E-state index contributed by atoms with van der Waals surface area (Å²) in [5.41, 5.74) is 0. The molecule has 1 N–H and O–H groups in total. The molecule has 1 aliphatic heterocycles. The van der Waals surface area contributed by atoms with E-state index < -0.39 is 0 Å². The van der Waals surface area contributed by atoms with Gasteiger partial charge in [-0.25, -0.2) is 0 Å². The van der Waals surface area contributed by atoms with Gasteiger partial charge in [-0.15, -0.1) is 0 Å². The predicted molar refractivity (Wildman–Crippen MR) is 61.1 cm³/mol. The van der Waals surface area contributed by atoms with Crippen LogP contribution in [-0.4, -0.2) is 11.9 Å². The zero-order valence-electron chi connectivity index (χ0n) is 9.86. The van der Waals surface area contributed by atoms with Gasteiger partial charge in [-0.1, -0.05) is 26.7 Å². The highest BCUT2D eigenvalue weighted by atomic mass is 16.5. The Balaban J connectivity index is 2.43. The maximum Gasteiger partial charge on any atom is 0.290 e. The summed E-state index contributed by atoms with van der Waals surface area (Å²) in [6.07, 6.45) is 8.13. The fourth-order valence-electron chi connectivity index (χ4n) is 1.61. The molecule has 0 unspecified atom stereocenters. The van der Waals surface area contributed by atoms with Gasteiger partial charge in [0.2, 0.25) is 5.76 Å². The zero-order chi connectivity index (χ0) is 11.8. The lowest BCUT2D eigenvalue weighted by Gasteiger charge is -2.18. The highest BCUT2D eigenvalue weighted by Crippen LogP contribution is 2.09. The molecule has 0 atom stereocenters. The molecule has 4 heteroatoms. The van der Waals surface area contributed by atoms with Gasteiger partial charge in [0.15, 0.2) is 0 Å². The van der Waals surface area contributed by atoms with Crippen molar-refractivity contribution in [2.45, 2.75) is 45.6 Å². The lowest BCUT2D eigenvalue weighted by atomic mass is 10.1. The summed E-state index contributed by atoms with van der Waals surface area (Å²) in [4.78, 5) is 11.7. The molecule has 0 spiro atoms. The first kappa shape index (κ1) is 12.6. The molecule has 0 aliphatic carbocycles. The summed E-state index contributed by atoms with van der Waals surface area (Å²) in [5.74, 6) is -0.00374. The third kappa shape index (κ3) is 3.96. The molecule has 1 amide bonds. The van der Waals surface area contributed by atoms with E-state index in [-0.39, 0.29) is 17.7 Å². The second-order valence-corrected chi connectivity index (χ2v) is 3.76. The first-order valence-electron chi connectivity index (χ1n) is 5.76. The average Bonchev–Trinajstić information content (AvgIpc) is 2.31. The molecule has 1 rings (SSSR count). The molecule has 0 aromatic heterocycles. The largest absolute Gasteiger partial charge is 0.465 e. The Morgan fingerprint density at radius 2 is 2.00 bits per heavy atom. The Morgan fingerprint density at radius 3 is 2.50 bits per heavy atom. The lowest BCUT2D eigenvalue weighted by Crippen LogP contribution is -2.36. The molecule has 0 bridgehead atoms. The van der Waals surface area contributed by atoms with Crippen LogP contribution in [-0.2, 0) is 14.3 Å². The van der Waals surface area contributed by atoms with Crippen molar-refractivity contribution in [3.63, 3.8) is 0 Å². The SMILES string of the molecule is CCCC(CCC)NC(=O)C1=COC=CO1. The molecule has 0 saturated heterocycles. The number of carbonyl (C=O) groups excluding carboxylic acids is 1. The topological polar surface area (TPSA) is 47.6 Å². The quantitative estimate of drug-likeness (QED) is 0.755. The molecule has 90 valence electrons. The number of nitrogens with one attached hydrogen (secondary N) is 1.